The number of allylic oxidation sites excluding steroid dienone is 2. The van der Waals surface area contributed by atoms with Crippen LogP contribution in [0.25, 0.3) is 6.08 Å². The van der Waals surface area contributed by atoms with E-state index < -0.39 is 23.9 Å². The second-order valence-electron chi connectivity index (χ2n) is 10.3. The number of amides is 2. The van der Waals surface area contributed by atoms with Gasteiger partial charge < -0.3 is 19.7 Å². The number of rotatable bonds is 10. The van der Waals surface area contributed by atoms with Crippen LogP contribution in [0.15, 0.2) is 63.6 Å². The lowest BCUT2D eigenvalue weighted by Crippen LogP contribution is -2.39. The normalized spacial score (nSPS) is 23.3. The molecule has 0 saturated carbocycles. The zero-order chi connectivity index (χ0) is 26.7. The Balaban J connectivity index is 1.60. The van der Waals surface area contributed by atoms with Gasteiger partial charge in [0.05, 0.1) is 30.2 Å². The van der Waals surface area contributed by atoms with Gasteiger partial charge in [0.25, 0.3) is 0 Å². The zero-order valence-corrected chi connectivity index (χ0v) is 21.8. The molecule has 1 aromatic carbocycles. The SMILES string of the molecule is CC/C(=C\c1ccc(CO)o1)CC[C@@H](O)C1=C(C(C)C)C[C@H]2C(=O)N(c3ccccc3)C(=O)[C@H]2[C@H]1CO. The molecule has 1 aliphatic carbocycles. The number of carbonyl (C=O) groups is 2. The lowest BCUT2D eigenvalue weighted by molar-refractivity contribution is -0.123. The minimum atomic E-state index is -0.844. The maximum absolute atomic E-state index is 13.6. The molecule has 198 valence electrons. The van der Waals surface area contributed by atoms with Crippen molar-refractivity contribution in [2.24, 2.45) is 23.7 Å². The molecule has 4 rings (SSSR count). The van der Waals surface area contributed by atoms with Gasteiger partial charge in [0.2, 0.25) is 11.8 Å². The highest BCUT2D eigenvalue weighted by molar-refractivity contribution is 6.22. The van der Waals surface area contributed by atoms with Crippen LogP contribution in [-0.2, 0) is 16.2 Å². The van der Waals surface area contributed by atoms with Crippen LogP contribution in [0.2, 0.25) is 0 Å². The Kier molecular flexibility index (Phi) is 8.47. The fraction of sp³-hybridized carbons (Fsp3) is 0.467. The molecule has 0 bridgehead atoms. The van der Waals surface area contributed by atoms with E-state index in [9.17, 15) is 24.9 Å². The number of aliphatic hydroxyl groups excluding tert-OH is 3. The van der Waals surface area contributed by atoms with Crippen molar-refractivity contribution in [3.05, 3.63) is 70.7 Å². The van der Waals surface area contributed by atoms with E-state index in [0.29, 0.717) is 42.0 Å². The topological polar surface area (TPSA) is 111 Å². The molecule has 7 heteroatoms. The molecule has 0 radical (unpaired) electrons. The van der Waals surface area contributed by atoms with Gasteiger partial charge in [-0.3, -0.25) is 14.5 Å². The van der Waals surface area contributed by atoms with E-state index in [1.165, 1.54) is 4.90 Å². The van der Waals surface area contributed by atoms with Crippen molar-refractivity contribution in [2.45, 2.75) is 59.2 Å². The second kappa shape index (κ2) is 11.6. The monoisotopic (exact) mass is 507 g/mol. The number of carbonyl (C=O) groups excluding carboxylic acids is 2. The quantitative estimate of drug-likeness (QED) is 0.323. The van der Waals surface area contributed by atoms with Gasteiger partial charge in [-0.1, -0.05) is 50.1 Å². The average Bonchev–Trinajstić information content (AvgIpc) is 3.47. The van der Waals surface area contributed by atoms with Gasteiger partial charge in [-0.25, -0.2) is 0 Å². The molecule has 2 amide bonds. The van der Waals surface area contributed by atoms with Gasteiger partial charge in [-0.15, -0.1) is 0 Å². The van der Waals surface area contributed by atoms with Gasteiger partial charge >= 0.3 is 0 Å². The lowest BCUT2D eigenvalue weighted by Gasteiger charge is -2.38. The molecule has 3 N–H and O–H groups in total. The summed E-state index contributed by atoms with van der Waals surface area (Å²) in [5, 5.41) is 31.2. The highest BCUT2D eigenvalue weighted by Crippen LogP contribution is 2.48. The van der Waals surface area contributed by atoms with Gasteiger partial charge in [0, 0.05) is 5.92 Å². The van der Waals surface area contributed by atoms with Gasteiger partial charge in [0.15, 0.2) is 0 Å². The maximum Gasteiger partial charge on any atom is 0.238 e. The van der Waals surface area contributed by atoms with Crippen LogP contribution >= 0.6 is 0 Å². The van der Waals surface area contributed by atoms with Crippen LogP contribution in [-0.4, -0.2) is 39.8 Å². The van der Waals surface area contributed by atoms with Crippen LogP contribution < -0.4 is 4.90 Å². The number of nitrogens with zero attached hydrogens (tertiary/aromatic N) is 1. The summed E-state index contributed by atoms with van der Waals surface area (Å²) in [4.78, 5) is 28.2. The Bertz CT molecular complexity index is 1180. The minimum absolute atomic E-state index is 0.0644. The predicted molar refractivity (Wildman–Crippen MR) is 141 cm³/mol. The highest BCUT2D eigenvalue weighted by Gasteiger charge is 2.55. The van der Waals surface area contributed by atoms with Crippen LogP contribution in [0.4, 0.5) is 5.69 Å². The highest BCUT2D eigenvalue weighted by atomic mass is 16.4. The second-order valence-corrected chi connectivity index (χ2v) is 10.3. The molecule has 2 aliphatic rings. The average molecular weight is 508 g/mol. The maximum atomic E-state index is 13.6. The van der Waals surface area contributed by atoms with Crippen LogP contribution in [0.5, 0.6) is 0 Å². The van der Waals surface area contributed by atoms with E-state index in [1.54, 1.807) is 36.4 Å². The summed E-state index contributed by atoms with van der Waals surface area (Å²) >= 11 is 0. The summed E-state index contributed by atoms with van der Waals surface area (Å²) < 4.78 is 5.58. The van der Waals surface area contributed by atoms with Crippen LogP contribution in [0.1, 0.15) is 58.0 Å². The Hall–Kier alpha value is -3.00. The zero-order valence-electron chi connectivity index (χ0n) is 21.8. The summed E-state index contributed by atoms with van der Waals surface area (Å²) in [5.41, 5.74) is 3.30. The van der Waals surface area contributed by atoms with E-state index in [-0.39, 0.29) is 30.9 Å². The third kappa shape index (κ3) is 5.35. The summed E-state index contributed by atoms with van der Waals surface area (Å²) in [6.07, 6.45) is 3.30. The Morgan fingerprint density at radius 1 is 1.11 bits per heavy atom. The standard InChI is InChI=1S/C30H37NO6/c1-4-19(14-21-11-12-22(16-32)37-21)10-13-26(34)27-23(18(2)3)15-24-28(25(27)17-33)30(36)31(29(24)35)20-8-6-5-7-9-20/h5-9,11-12,14,18,24-26,28,32-34H,4,10,13,15-17H2,1-3H3/b19-14+/t24-,25+,26-,28-/m1/s1. The molecule has 1 aromatic heterocycles. The number of para-hydroxylation sites is 1. The molecule has 2 heterocycles. The number of aliphatic hydroxyl groups is 3. The third-order valence-electron chi connectivity index (χ3n) is 7.76. The molecule has 2 aromatic rings. The molecule has 4 atom stereocenters. The number of hydrogen-bond donors (Lipinski definition) is 3. The number of benzene rings is 1. The smallest absolute Gasteiger partial charge is 0.238 e. The fourth-order valence-electron chi connectivity index (χ4n) is 5.86. The summed E-state index contributed by atoms with van der Waals surface area (Å²) in [5.74, 6) is -1.16. The summed E-state index contributed by atoms with van der Waals surface area (Å²) in [6.45, 7) is 5.63. The number of fused-ring (bicyclic) bond motifs is 1. The molecule has 37 heavy (non-hydrogen) atoms. The number of hydrogen-bond acceptors (Lipinski definition) is 6. The Labute approximate surface area is 218 Å². The largest absolute Gasteiger partial charge is 0.459 e. The number of furan rings is 1. The first-order valence-corrected chi connectivity index (χ1v) is 13.1. The first-order chi connectivity index (χ1) is 17.8. The van der Waals surface area contributed by atoms with E-state index in [1.807, 2.05) is 32.9 Å². The van der Waals surface area contributed by atoms with Crippen LogP contribution in [0, 0.1) is 23.7 Å². The number of imide groups is 1. The molecule has 1 saturated heterocycles. The number of anilines is 1. The Morgan fingerprint density at radius 2 is 1.84 bits per heavy atom. The molecule has 7 nitrogen and oxygen atoms in total. The minimum Gasteiger partial charge on any atom is -0.459 e. The molecule has 0 unspecified atom stereocenters. The van der Waals surface area contributed by atoms with E-state index >= 15 is 0 Å². The van der Waals surface area contributed by atoms with Gasteiger partial charge in [0.1, 0.15) is 18.1 Å². The molecule has 1 fully saturated rings. The van der Waals surface area contributed by atoms with E-state index in [0.717, 1.165) is 17.6 Å². The van der Waals surface area contributed by atoms with Crippen molar-refractivity contribution in [2.75, 3.05) is 11.5 Å². The van der Waals surface area contributed by atoms with Crippen molar-refractivity contribution in [3.8, 4) is 0 Å². The van der Waals surface area contributed by atoms with Crippen LogP contribution in [0.3, 0.4) is 0 Å². The first kappa shape index (κ1) is 27.0. The first-order valence-electron chi connectivity index (χ1n) is 13.1. The molecular formula is C30H37NO6. The summed E-state index contributed by atoms with van der Waals surface area (Å²) in [6, 6.07) is 12.4. The van der Waals surface area contributed by atoms with Crippen molar-refractivity contribution in [1.82, 2.24) is 0 Å². The molecular weight excluding hydrogens is 470 g/mol. The molecule has 1 aliphatic heterocycles. The molecule has 0 spiro atoms. The Morgan fingerprint density at radius 3 is 2.43 bits per heavy atom. The summed E-state index contributed by atoms with van der Waals surface area (Å²) in [7, 11) is 0. The predicted octanol–water partition coefficient (Wildman–Crippen LogP) is 4.48. The third-order valence-corrected chi connectivity index (χ3v) is 7.76. The lowest BCUT2D eigenvalue weighted by atomic mass is 9.66. The van der Waals surface area contributed by atoms with Crippen molar-refractivity contribution in [1.29, 1.82) is 0 Å². The van der Waals surface area contributed by atoms with Crippen molar-refractivity contribution in [3.63, 3.8) is 0 Å². The van der Waals surface area contributed by atoms with E-state index in [4.69, 9.17) is 4.42 Å². The van der Waals surface area contributed by atoms with E-state index in [2.05, 4.69) is 0 Å². The van der Waals surface area contributed by atoms with Crippen molar-refractivity contribution >= 4 is 23.6 Å². The van der Waals surface area contributed by atoms with Crippen molar-refractivity contribution < 1.29 is 29.3 Å². The van der Waals surface area contributed by atoms with Gasteiger partial charge in [-0.2, -0.15) is 0 Å². The fourth-order valence-corrected chi connectivity index (χ4v) is 5.86. The van der Waals surface area contributed by atoms with Gasteiger partial charge in [-0.05, 0) is 67.5 Å².